The van der Waals surface area contributed by atoms with Crippen molar-refractivity contribution in [3.8, 4) is 0 Å². The molecule has 1 aromatic carbocycles. The molecule has 2 rings (SSSR count). The van der Waals surface area contributed by atoms with E-state index in [1.54, 1.807) is 25.2 Å². The van der Waals surface area contributed by atoms with Gasteiger partial charge in [-0.2, -0.15) is 4.31 Å². The van der Waals surface area contributed by atoms with E-state index in [1.807, 2.05) is 0 Å². The summed E-state index contributed by atoms with van der Waals surface area (Å²) in [4.78, 5) is 2.32. The van der Waals surface area contributed by atoms with E-state index in [4.69, 9.17) is 17.3 Å². The van der Waals surface area contributed by atoms with Crippen LogP contribution >= 0.6 is 11.6 Å². The maximum absolute atomic E-state index is 12.7. The van der Waals surface area contributed by atoms with Crippen LogP contribution in [-0.4, -0.2) is 50.3 Å². The molecule has 1 heterocycles. The molecule has 0 spiro atoms. The Labute approximate surface area is 131 Å². The fourth-order valence-electron chi connectivity index (χ4n) is 2.87. The van der Waals surface area contributed by atoms with Crippen LogP contribution in [0.15, 0.2) is 23.1 Å². The van der Waals surface area contributed by atoms with Crippen LogP contribution in [0.25, 0.3) is 0 Å². The lowest BCUT2D eigenvalue weighted by molar-refractivity contribution is 0.238. The van der Waals surface area contributed by atoms with Crippen molar-refractivity contribution in [2.75, 3.05) is 32.4 Å². The average molecular weight is 332 g/mol. The molecule has 0 amide bonds. The predicted molar refractivity (Wildman–Crippen MR) is 85.9 cm³/mol. The van der Waals surface area contributed by atoms with Gasteiger partial charge in [-0.05, 0) is 38.1 Å². The third-order valence-electron chi connectivity index (χ3n) is 4.04. The van der Waals surface area contributed by atoms with E-state index in [-0.39, 0.29) is 21.6 Å². The third kappa shape index (κ3) is 3.34. The van der Waals surface area contributed by atoms with E-state index in [1.165, 1.54) is 4.31 Å². The second-order valence-corrected chi connectivity index (χ2v) is 7.76. The molecular weight excluding hydrogens is 310 g/mol. The molecule has 1 aliphatic heterocycles. The number of anilines is 1. The number of likely N-dealkylation sites (tertiary alicyclic amines) is 1. The average Bonchev–Trinajstić information content (AvgIpc) is 2.85. The summed E-state index contributed by atoms with van der Waals surface area (Å²) in [5, 5.41) is 0.167. The summed E-state index contributed by atoms with van der Waals surface area (Å²) in [5.74, 6) is 0. The molecule has 1 atom stereocenters. The van der Waals surface area contributed by atoms with Crippen LogP contribution in [0.5, 0.6) is 0 Å². The number of rotatable bonds is 5. The smallest absolute Gasteiger partial charge is 0.246 e. The SMILES string of the molecule is CCN1CCCC1CN(C)S(=O)(=O)c1c(N)cccc1Cl. The van der Waals surface area contributed by atoms with Gasteiger partial charge in [0.05, 0.1) is 10.7 Å². The minimum absolute atomic E-state index is 0.00946. The van der Waals surface area contributed by atoms with Gasteiger partial charge in [0.25, 0.3) is 0 Å². The summed E-state index contributed by atoms with van der Waals surface area (Å²) in [7, 11) is -2.08. The highest BCUT2D eigenvalue weighted by atomic mass is 35.5. The van der Waals surface area contributed by atoms with Gasteiger partial charge in [0.15, 0.2) is 0 Å². The zero-order valence-electron chi connectivity index (χ0n) is 12.4. The molecule has 5 nitrogen and oxygen atoms in total. The minimum atomic E-state index is -3.67. The maximum atomic E-state index is 12.7. The molecule has 0 aromatic heterocycles. The van der Waals surface area contributed by atoms with E-state index in [9.17, 15) is 8.42 Å². The summed E-state index contributed by atoms with van der Waals surface area (Å²) < 4.78 is 26.8. The predicted octanol–water partition coefficient (Wildman–Crippen LogP) is 2.03. The van der Waals surface area contributed by atoms with Crippen molar-refractivity contribution in [1.82, 2.24) is 9.21 Å². The van der Waals surface area contributed by atoms with Crippen LogP contribution < -0.4 is 5.73 Å². The molecule has 118 valence electrons. The van der Waals surface area contributed by atoms with Gasteiger partial charge in [0.2, 0.25) is 10.0 Å². The number of nitrogens with two attached hydrogens (primary N) is 1. The summed E-state index contributed by atoms with van der Waals surface area (Å²) in [6.45, 7) is 4.52. The lowest BCUT2D eigenvalue weighted by Gasteiger charge is -2.27. The van der Waals surface area contributed by atoms with Crippen LogP contribution in [0.4, 0.5) is 5.69 Å². The van der Waals surface area contributed by atoms with Gasteiger partial charge in [-0.15, -0.1) is 0 Å². The monoisotopic (exact) mass is 331 g/mol. The first kappa shape index (κ1) is 16.5. The molecule has 0 bridgehead atoms. The number of halogens is 1. The highest BCUT2D eigenvalue weighted by Gasteiger charge is 2.31. The molecule has 1 aromatic rings. The normalized spacial score (nSPS) is 20.3. The molecule has 7 heteroatoms. The van der Waals surface area contributed by atoms with E-state index in [2.05, 4.69) is 11.8 Å². The van der Waals surface area contributed by atoms with E-state index >= 15 is 0 Å². The molecule has 1 fully saturated rings. The number of hydrogen-bond donors (Lipinski definition) is 1. The van der Waals surface area contributed by atoms with Gasteiger partial charge in [-0.3, -0.25) is 4.90 Å². The first-order valence-electron chi connectivity index (χ1n) is 7.12. The Bertz CT molecular complexity index is 586. The molecule has 1 aliphatic rings. The first-order valence-corrected chi connectivity index (χ1v) is 8.94. The van der Waals surface area contributed by atoms with Crippen molar-refractivity contribution >= 4 is 27.3 Å². The maximum Gasteiger partial charge on any atom is 0.246 e. The van der Waals surface area contributed by atoms with Crippen LogP contribution in [0.2, 0.25) is 5.02 Å². The molecule has 0 radical (unpaired) electrons. The topological polar surface area (TPSA) is 66.6 Å². The van der Waals surface area contributed by atoms with Gasteiger partial charge in [-0.1, -0.05) is 24.6 Å². The highest BCUT2D eigenvalue weighted by molar-refractivity contribution is 7.89. The second kappa shape index (κ2) is 6.52. The third-order valence-corrected chi connectivity index (χ3v) is 6.41. The van der Waals surface area contributed by atoms with Crippen molar-refractivity contribution < 1.29 is 8.42 Å². The molecule has 0 saturated carbocycles. The number of benzene rings is 1. The number of sulfonamides is 1. The summed E-state index contributed by atoms with van der Waals surface area (Å²) in [6.07, 6.45) is 2.13. The molecule has 2 N–H and O–H groups in total. The quantitative estimate of drug-likeness (QED) is 0.838. The highest BCUT2D eigenvalue weighted by Crippen LogP contribution is 2.30. The Morgan fingerprint density at radius 3 is 2.81 bits per heavy atom. The lowest BCUT2D eigenvalue weighted by atomic mass is 10.2. The molecule has 0 aliphatic carbocycles. The van der Waals surface area contributed by atoms with E-state index in [0.717, 1.165) is 25.9 Å². The lowest BCUT2D eigenvalue weighted by Crippen LogP contribution is -2.41. The summed E-state index contributed by atoms with van der Waals surface area (Å²) in [5.41, 5.74) is 5.99. The van der Waals surface area contributed by atoms with Crippen molar-refractivity contribution in [3.63, 3.8) is 0 Å². The minimum Gasteiger partial charge on any atom is -0.398 e. The van der Waals surface area contributed by atoms with E-state index in [0.29, 0.717) is 6.54 Å². The van der Waals surface area contributed by atoms with E-state index < -0.39 is 10.0 Å². The Kier molecular flexibility index (Phi) is 5.14. The molecule has 1 saturated heterocycles. The van der Waals surface area contributed by atoms with Crippen LogP contribution in [-0.2, 0) is 10.0 Å². The number of nitrogens with zero attached hydrogens (tertiary/aromatic N) is 2. The molecular formula is C14H22ClN3O2S. The van der Waals surface area contributed by atoms with Crippen LogP contribution in [0.1, 0.15) is 19.8 Å². The Hall–Kier alpha value is -0.820. The van der Waals surface area contributed by atoms with Crippen LogP contribution in [0, 0.1) is 0 Å². The van der Waals surface area contributed by atoms with Crippen molar-refractivity contribution in [1.29, 1.82) is 0 Å². The zero-order chi connectivity index (χ0) is 15.6. The van der Waals surface area contributed by atoms with Gasteiger partial charge < -0.3 is 5.73 Å². The standard InChI is InChI=1S/C14H22ClN3O2S/c1-3-18-9-5-6-11(18)10-17(2)21(19,20)14-12(15)7-4-8-13(14)16/h4,7-8,11H,3,5-6,9-10,16H2,1-2H3. The first-order chi connectivity index (χ1) is 9.87. The van der Waals surface area contributed by atoms with Gasteiger partial charge in [0, 0.05) is 19.6 Å². The van der Waals surface area contributed by atoms with Crippen molar-refractivity contribution in [2.24, 2.45) is 0 Å². The fourth-order valence-corrected chi connectivity index (χ4v) is 4.70. The second-order valence-electron chi connectivity index (χ2n) is 5.37. The summed E-state index contributed by atoms with van der Waals surface area (Å²) in [6, 6.07) is 5.01. The summed E-state index contributed by atoms with van der Waals surface area (Å²) >= 11 is 6.03. The number of nitrogen functional groups attached to an aromatic ring is 1. The van der Waals surface area contributed by atoms with Crippen molar-refractivity contribution in [3.05, 3.63) is 23.2 Å². The Morgan fingerprint density at radius 2 is 2.19 bits per heavy atom. The Balaban J connectivity index is 2.23. The van der Waals surface area contributed by atoms with Gasteiger partial charge in [-0.25, -0.2) is 8.42 Å². The number of hydrogen-bond acceptors (Lipinski definition) is 4. The van der Waals surface area contributed by atoms with Crippen molar-refractivity contribution in [2.45, 2.75) is 30.7 Å². The fraction of sp³-hybridized carbons (Fsp3) is 0.571. The molecule has 21 heavy (non-hydrogen) atoms. The van der Waals surface area contributed by atoms with Crippen LogP contribution in [0.3, 0.4) is 0 Å². The molecule has 1 unspecified atom stereocenters. The zero-order valence-corrected chi connectivity index (χ0v) is 14.0. The van der Waals surface area contributed by atoms with Gasteiger partial charge >= 0.3 is 0 Å². The van der Waals surface area contributed by atoms with Gasteiger partial charge in [0.1, 0.15) is 4.90 Å². The number of likely N-dealkylation sites (N-methyl/N-ethyl adjacent to an activating group) is 2. The Morgan fingerprint density at radius 1 is 1.48 bits per heavy atom. The largest absolute Gasteiger partial charge is 0.398 e.